The van der Waals surface area contributed by atoms with Crippen molar-refractivity contribution in [2.45, 2.75) is 16.5 Å². The number of alkyl halides is 2. The van der Waals surface area contributed by atoms with Crippen molar-refractivity contribution in [3.63, 3.8) is 0 Å². The summed E-state index contributed by atoms with van der Waals surface area (Å²) in [5.41, 5.74) is 0. The highest BCUT2D eigenvalue weighted by Crippen LogP contribution is 2.39. The Morgan fingerprint density at radius 3 is 2.00 bits per heavy atom. The van der Waals surface area contributed by atoms with E-state index >= 15 is 0 Å². The quantitative estimate of drug-likeness (QED) is 0.538. The summed E-state index contributed by atoms with van der Waals surface area (Å²) in [6.07, 6.45) is 0.938. The minimum absolute atomic E-state index is 0.125. The van der Waals surface area contributed by atoms with Gasteiger partial charge in [-0.2, -0.15) is 0 Å². The van der Waals surface area contributed by atoms with Crippen molar-refractivity contribution >= 4 is 33.0 Å². The van der Waals surface area contributed by atoms with Crippen LogP contribution < -0.4 is 0 Å². The Kier molecular flexibility index (Phi) is 1.70. The van der Waals surface area contributed by atoms with Crippen LogP contribution in [0.15, 0.2) is 0 Å². The molecule has 1 rings (SSSR count). The molecule has 1 aliphatic rings. The first-order chi connectivity index (χ1) is 3.96. The van der Waals surface area contributed by atoms with Gasteiger partial charge >= 0.3 is 0 Å². The smallest absolute Gasteiger partial charge is 0.217 e. The third kappa shape index (κ3) is 1.18. The van der Waals surface area contributed by atoms with Gasteiger partial charge in [-0.15, -0.1) is 0 Å². The maximum atomic E-state index is 10.8. The standard InChI is InChI=1S/C4H6Cl2O2S/c5-4(6)2-1-3-9(4,7)8/h1-3H2. The molecule has 0 spiro atoms. The van der Waals surface area contributed by atoms with E-state index in [2.05, 4.69) is 0 Å². The van der Waals surface area contributed by atoms with Crippen LogP contribution in [0.1, 0.15) is 12.8 Å². The Labute approximate surface area is 64.1 Å². The molecule has 5 heteroatoms. The van der Waals surface area contributed by atoms with Gasteiger partial charge in [-0.1, -0.05) is 23.2 Å². The lowest BCUT2D eigenvalue weighted by Gasteiger charge is -2.08. The zero-order valence-electron chi connectivity index (χ0n) is 4.60. The Bertz CT molecular complexity index is 207. The molecule has 0 atom stereocenters. The number of hydrogen-bond acceptors (Lipinski definition) is 2. The largest absolute Gasteiger partial charge is 0.226 e. The third-order valence-corrected chi connectivity index (χ3v) is 5.06. The highest BCUT2D eigenvalue weighted by atomic mass is 35.5. The van der Waals surface area contributed by atoms with Crippen LogP contribution in [0.4, 0.5) is 0 Å². The summed E-state index contributed by atoms with van der Waals surface area (Å²) >= 11 is 10.9. The molecular formula is C4H6Cl2O2S. The lowest BCUT2D eigenvalue weighted by molar-refractivity contribution is 0.597. The second-order valence-corrected chi connectivity index (χ2v) is 6.33. The van der Waals surface area contributed by atoms with Crippen LogP contribution in [0.25, 0.3) is 0 Å². The minimum atomic E-state index is -3.19. The number of halogens is 2. The van der Waals surface area contributed by atoms with E-state index in [9.17, 15) is 8.42 Å². The van der Waals surface area contributed by atoms with Gasteiger partial charge in [-0.25, -0.2) is 8.42 Å². The summed E-state index contributed by atoms with van der Waals surface area (Å²) in [4.78, 5) is 0. The first-order valence-corrected chi connectivity index (χ1v) is 4.97. The van der Waals surface area contributed by atoms with Gasteiger partial charge in [-0.3, -0.25) is 0 Å². The van der Waals surface area contributed by atoms with Crippen LogP contribution in [0, 0.1) is 0 Å². The molecule has 0 bridgehead atoms. The van der Waals surface area contributed by atoms with Gasteiger partial charge in [0.25, 0.3) is 0 Å². The second-order valence-electron chi connectivity index (χ2n) is 2.06. The Hall–Kier alpha value is 0.530. The zero-order valence-corrected chi connectivity index (χ0v) is 6.93. The topological polar surface area (TPSA) is 34.1 Å². The van der Waals surface area contributed by atoms with E-state index in [4.69, 9.17) is 23.2 Å². The first kappa shape index (κ1) is 7.63. The SMILES string of the molecule is O=S1(=O)CCCC1(Cl)Cl. The average Bonchev–Trinajstić information content (AvgIpc) is 1.81. The van der Waals surface area contributed by atoms with Crippen LogP contribution in [-0.2, 0) is 9.84 Å². The zero-order chi connectivity index (χ0) is 7.12. The molecule has 0 aromatic rings. The lowest BCUT2D eigenvalue weighted by Crippen LogP contribution is -2.19. The van der Waals surface area contributed by atoms with Gasteiger partial charge in [0.2, 0.25) is 3.67 Å². The van der Waals surface area contributed by atoms with Gasteiger partial charge in [0.05, 0.1) is 5.75 Å². The van der Waals surface area contributed by atoms with E-state index < -0.39 is 13.5 Å². The summed E-state index contributed by atoms with van der Waals surface area (Å²) in [5, 5.41) is 0. The monoisotopic (exact) mass is 188 g/mol. The molecule has 1 heterocycles. The van der Waals surface area contributed by atoms with E-state index in [1.54, 1.807) is 0 Å². The molecule has 54 valence electrons. The molecule has 1 aliphatic heterocycles. The third-order valence-electron chi connectivity index (χ3n) is 1.34. The summed E-state index contributed by atoms with van der Waals surface area (Å²) in [7, 11) is -3.19. The Morgan fingerprint density at radius 1 is 1.33 bits per heavy atom. The molecule has 0 N–H and O–H groups in total. The molecule has 1 saturated heterocycles. The van der Waals surface area contributed by atoms with Gasteiger partial charge < -0.3 is 0 Å². The predicted molar refractivity (Wildman–Crippen MR) is 37.5 cm³/mol. The van der Waals surface area contributed by atoms with Crippen molar-refractivity contribution < 1.29 is 8.42 Å². The highest BCUT2D eigenvalue weighted by molar-refractivity contribution is 7.95. The molecular weight excluding hydrogens is 183 g/mol. The van der Waals surface area contributed by atoms with Gasteiger partial charge in [0, 0.05) is 0 Å². The van der Waals surface area contributed by atoms with Crippen LogP contribution in [0.3, 0.4) is 0 Å². The van der Waals surface area contributed by atoms with Crippen molar-refractivity contribution in [3.8, 4) is 0 Å². The fourth-order valence-electron chi connectivity index (χ4n) is 0.773. The normalized spacial score (nSPS) is 30.4. The first-order valence-electron chi connectivity index (χ1n) is 2.56. The minimum Gasteiger partial charge on any atom is -0.226 e. The molecule has 0 unspecified atom stereocenters. The van der Waals surface area contributed by atoms with Crippen molar-refractivity contribution in [1.82, 2.24) is 0 Å². The van der Waals surface area contributed by atoms with E-state index in [-0.39, 0.29) is 5.75 Å². The van der Waals surface area contributed by atoms with Gasteiger partial charge in [0.1, 0.15) is 0 Å². The average molecular weight is 189 g/mol. The van der Waals surface area contributed by atoms with E-state index in [1.165, 1.54) is 0 Å². The summed E-state index contributed by atoms with van der Waals surface area (Å²) in [6, 6.07) is 0. The number of sulfone groups is 1. The van der Waals surface area contributed by atoms with E-state index in [0.29, 0.717) is 12.8 Å². The summed E-state index contributed by atoms with van der Waals surface area (Å²) in [6.45, 7) is 0. The summed E-state index contributed by atoms with van der Waals surface area (Å²) in [5.74, 6) is 0.125. The Balaban J connectivity index is 3.03. The van der Waals surface area contributed by atoms with Crippen LogP contribution in [0.2, 0.25) is 0 Å². The maximum Gasteiger partial charge on any atom is 0.217 e. The van der Waals surface area contributed by atoms with Crippen LogP contribution in [0.5, 0.6) is 0 Å². The molecule has 0 aliphatic carbocycles. The van der Waals surface area contributed by atoms with Gasteiger partial charge in [-0.05, 0) is 12.8 Å². The Morgan fingerprint density at radius 2 is 1.89 bits per heavy atom. The number of rotatable bonds is 0. The van der Waals surface area contributed by atoms with E-state index in [1.807, 2.05) is 0 Å². The molecule has 2 nitrogen and oxygen atoms in total. The van der Waals surface area contributed by atoms with E-state index in [0.717, 1.165) is 0 Å². The predicted octanol–water partition coefficient (Wildman–Crippen LogP) is 1.33. The molecule has 0 aromatic carbocycles. The molecule has 0 saturated carbocycles. The fourth-order valence-corrected chi connectivity index (χ4v) is 2.78. The molecule has 0 aromatic heterocycles. The number of hydrogen-bond donors (Lipinski definition) is 0. The van der Waals surface area contributed by atoms with Crippen molar-refractivity contribution in [3.05, 3.63) is 0 Å². The highest BCUT2D eigenvalue weighted by Gasteiger charge is 2.44. The second kappa shape index (κ2) is 2.01. The van der Waals surface area contributed by atoms with Crippen molar-refractivity contribution in [2.24, 2.45) is 0 Å². The lowest BCUT2D eigenvalue weighted by atomic mass is 10.4. The van der Waals surface area contributed by atoms with Crippen molar-refractivity contribution in [1.29, 1.82) is 0 Å². The van der Waals surface area contributed by atoms with Crippen LogP contribution >= 0.6 is 23.2 Å². The van der Waals surface area contributed by atoms with Gasteiger partial charge in [0.15, 0.2) is 9.84 Å². The summed E-state index contributed by atoms with van der Waals surface area (Å²) < 4.78 is 20.1. The molecule has 1 fully saturated rings. The molecule has 9 heavy (non-hydrogen) atoms. The maximum absolute atomic E-state index is 10.8. The molecule has 0 radical (unpaired) electrons. The van der Waals surface area contributed by atoms with Crippen LogP contribution in [-0.4, -0.2) is 17.8 Å². The van der Waals surface area contributed by atoms with Crippen molar-refractivity contribution in [2.75, 3.05) is 5.75 Å². The fraction of sp³-hybridized carbons (Fsp3) is 1.00. The molecule has 0 amide bonds.